The van der Waals surface area contributed by atoms with Crippen LogP contribution in [0.5, 0.6) is 5.75 Å². The maximum atomic E-state index is 12.4. The molecule has 33 heavy (non-hydrogen) atoms. The number of benzene rings is 3. The molecule has 0 amide bonds. The highest BCUT2D eigenvalue weighted by atomic mass is 16.5. The van der Waals surface area contributed by atoms with Gasteiger partial charge in [-0.2, -0.15) is 0 Å². The molecule has 1 aliphatic heterocycles. The van der Waals surface area contributed by atoms with Gasteiger partial charge in [0.2, 0.25) is 0 Å². The number of hydrogen-bond acceptors (Lipinski definition) is 4. The summed E-state index contributed by atoms with van der Waals surface area (Å²) >= 11 is 0. The third-order valence-corrected chi connectivity index (χ3v) is 6.36. The summed E-state index contributed by atoms with van der Waals surface area (Å²) in [5.41, 5.74) is 3.15. The van der Waals surface area contributed by atoms with Crippen LogP contribution in [-0.4, -0.2) is 43.5 Å². The fourth-order valence-corrected chi connectivity index (χ4v) is 4.45. The minimum absolute atomic E-state index is 0.0360. The molecular weight excluding hydrogens is 410 g/mol. The molecule has 1 fully saturated rings. The Bertz CT molecular complexity index is 941. The van der Waals surface area contributed by atoms with E-state index in [1.165, 1.54) is 11.1 Å². The molecule has 0 atom stereocenters. The monoisotopic (exact) mass is 443 g/mol. The van der Waals surface area contributed by atoms with E-state index in [9.17, 15) is 4.79 Å². The predicted octanol–water partition coefficient (Wildman–Crippen LogP) is 5.93. The molecule has 1 aliphatic rings. The van der Waals surface area contributed by atoms with E-state index in [0.717, 1.165) is 50.2 Å². The van der Waals surface area contributed by atoms with Gasteiger partial charge in [0, 0.05) is 25.1 Å². The highest BCUT2D eigenvalue weighted by Gasteiger charge is 2.24. The fourth-order valence-electron chi connectivity index (χ4n) is 4.45. The van der Waals surface area contributed by atoms with Crippen LogP contribution < -0.4 is 4.74 Å². The predicted molar refractivity (Wildman–Crippen MR) is 132 cm³/mol. The molecule has 0 aliphatic carbocycles. The van der Waals surface area contributed by atoms with Gasteiger partial charge in [-0.1, -0.05) is 60.7 Å². The molecule has 172 valence electrons. The average Bonchev–Trinajstić information content (AvgIpc) is 2.89. The largest absolute Gasteiger partial charge is 0.497 e. The van der Waals surface area contributed by atoms with Crippen molar-refractivity contribution in [3.63, 3.8) is 0 Å². The van der Waals surface area contributed by atoms with E-state index in [-0.39, 0.29) is 18.0 Å². The number of carbonyl (C=O) groups is 1. The second-order valence-electron chi connectivity index (χ2n) is 8.63. The number of rotatable bonds is 10. The third-order valence-electron chi connectivity index (χ3n) is 6.36. The molecule has 4 nitrogen and oxygen atoms in total. The van der Waals surface area contributed by atoms with Gasteiger partial charge in [-0.15, -0.1) is 0 Å². The van der Waals surface area contributed by atoms with Gasteiger partial charge in [0.25, 0.3) is 0 Å². The molecule has 4 rings (SSSR count). The first-order valence-electron chi connectivity index (χ1n) is 11.9. The minimum atomic E-state index is -0.0360. The van der Waals surface area contributed by atoms with Crippen LogP contribution in [0.4, 0.5) is 0 Å². The number of piperidine rings is 1. The van der Waals surface area contributed by atoms with Crippen molar-refractivity contribution in [2.45, 2.75) is 37.9 Å². The summed E-state index contributed by atoms with van der Waals surface area (Å²) in [6.45, 7) is 2.98. The molecule has 4 heteroatoms. The molecule has 0 unspecified atom stereocenters. The number of nitrogens with zero attached hydrogens (tertiary/aromatic N) is 1. The number of carbonyl (C=O) groups excluding carboxylic acids is 1. The molecule has 0 aromatic heterocycles. The number of Topliss-reactive ketones (excluding diaryl/α,β-unsaturated/α-hetero) is 1. The smallest absolute Gasteiger partial charge is 0.162 e. The Hall–Kier alpha value is -2.95. The van der Waals surface area contributed by atoms with Crippen molar-refractivity contribution in [2.75, 3.05) is 26.7 Å². The highest BCUT2D eigenvalue weighted by molar-refractivity contribution is 5.96. The van der Waals surface area contributed by atoms with Crippen LogP contribution in [0.2, 0.25) is 0 Å². The lowest BCUT2D eigenvalue weighted by molar-refractivity contribution is -0.0270. The average molecular weight is 444 g/mol. The Labute approximate surface area is 197 Å². The standard InChI is InChI=1S/C29H33NO3/c1-32-26-16-14-23(15-17-26)28(31)13-8-20-30-21-18-27(19-22-30)33-29(24-9-4-2-5-10-24)25-11-6-3-7-12-25/h2-7,9-12,14-17,27,29H,8,13,18-22H2,1H3. The Morgan fingerprint density at radius 2 is 1.45 bits per heavy atom. The van der Waals surface area contributed by atoms with Gasteiger partial charge in [-0.25, -0.2) is 0 Å². The van der Waals surface area contributed by atoms with Crippen LogP contribution in [0.3, 0.4) is 0 Å². The van der Waals surface area contributed by atoms with Gasteiger partial charge in [-0.3, -0.25) is 4.79 Å². The summed E-state index contributed by atoms with van der Waals surface area (Å²) in [4.78, 5) is 14.9. The minimum Gasteiger partial charge on any atom is -0.497 e. The van der Waals surface area contributed by atoms with E-state index in [1.54, 1.807) is 7.11 Å². The van der Waals surface area contributed by atoms with Crippen LogP contribution >= 0.6 is 0 Å². The van der Waals surface area contributed by atoms with Gasteiger partial charge >= 0.3 is 0 Å². The zero-order chi connectivity index (χ0) is 22.9. The molecule has 1 heterocycles. The number of methoxy groups -OCH3 is 1. The zero-order valence-corrected chi connectivity index (χ0v) is 19.4. The van der Waals surface area contributed by atoms with Crippen LogP contribution in [0.25, 0.3) is 0 Å². The maximum Gasteiger partial charge on any atom is 0.162 e. The molecule has 3 aromatic rings. The maximum absolute atomic E-state index is 12.4. The summed E-state index contributed by atoms with van der Waals surface area (Å²) in [6, 6.07) is 28.3. The summed E-state index contributed by atoms with van der Waals surface area (Å²) in [5, 5.41) is 0. The van der Waals surface area contributed by atoms with Crippen molar-refractivity contribution in [1.29, 1.82) is 0 Å². The lowest BCUT2D eigenvalue weighted by Gasteiger charge is -2.34. The first kappa shape index (κ1) is 23.2. The van der Waals surface area contributed by atoms with Gasteiger partial charge < -0.3 is 14.4 Å². The van der Waals surface area contributed by atoms with Crippen molar-refractivity contribution in [1.82, 2.24) is 4.90 Å². The first-order valence-corrected chi connectivity index (χ1v) is 11.9. The van der Waals surface area contributed by atoms with Crippen molar-refractivity contribution in [3.05, 3.63) is 102 Å². The summed E-state index contributed by atoms with van der Waals surface area (Å²) in [7, 11) is 1.63. The van der Waals surface area contributed by atoms with Crippen molar-refractivity contribution in [3.8, 4) is 5.75 Å². The number of hydrogen-bond donors (Lipinski definition) is 0. The highest BCUT2D eigenvalue weighted by Crippen LogP contribution is 2.30. The quantitative estimate of drug-likeness (QED) is 0.364. The molecule has 0 saturated carbocycles. The normalized spacial score (nSPS) is 15.0. The number of likely N-dealkylation sites (tertiary alicyclic amines) is 1. The van der Waals surface area contributed by atoms with Crippen LogP contribution in [0.15, 0.2) is 84.9 Å². The summed E-state index contributed by atoms with van der Waals surface area (Å²) in [6.07, 6.45) is 3.70. The lowest BCUT2D eigenvalue weighted by Crippen LogP contribution is -2.38. The molecule has 0 bridgehead atoms. The van der Waals surface area contributed by atoms with E-state index in [1.807, 2.05) is 36.4 Å². The van der Waals surface area contributed by atoms with Crippen LogP contribution in [-0.2, 0) is 4.74 Å². The first-order chi connectivity index (χ1) is 16.2. The van der Waals surface area contributed by atoms with Crippen molar-refractivity contribution < 1.29 is 14.3 Å². The van der Waals surface area contributed by atoms with E-state index >= 15 is 0 Å². The Balaban J connectivity index is 1.24. The lowest BCUT2D eigenvalue weighted by atomic mass is 10.00. The van der Waals surface area contributed by atoms with Gasteiger partial charge in [0.1, 0.15) is 11.9 Å². The van der Waals surface area contributed by atoms with Gasteiger partial charge in [-0.05, 0) is 61.2 Å². The fraction of sp³-hybridized carbons (Fsp3) is 0.345. The van der Waals surface area contributed by atoms with E-state index in [4.69, 9.17) is 9.47 Å². The molecule has 0 spiro atoms. The van der Waals surface area contributed by atoms with Crippen LogP contribution in [0, 0.1) is 0 Å². The second-order valence-corrected chi connectivity index (χ2v) is 8.63. The van der Waals surface area contributed by atoms with Crippen LogP contribution in [0.1, 0.15) is 53.3 Å². The van der Waals surface area contributed by atoms with Crippen molar-refractivity contribution in [2.24, 2.45) is 0 Å². The molecule has 0 N–H and O–H groups in total. The topological polar surface area (TPSA) is 38.8 Å². The molecule has 1 saturated heterocycles. The molecule has 0 radical (unpaired) electrons. The molecular formula is C29H33NO3. The Kier molecular flexibility index (Phi) is 8.29. The SMILES string of the molecule is COc1ccc(C(=O)CCCN2CCC(OC(c3ccccc3)c3ccccc3)CC2)cc1. The number of ketones is 1. The summed E-state index contributed by atoms with van der Waals surface area (Å²) < 4.78 is 11.8. The number of ether oxygens (including phenoxy) is 2. The summed E-state index contributed by atoms with van der Waals surface area (Å²) in [5.74, 6) is 0.975. The Morgan fingerprint density at radius 1 is 0.879 bits per heavy atom. The van der Waals surface area contributed by atoms with Gasteiger partial charge in [0.15, 0.2) is 5.78 Å². The second kappa shape index (κ2) is 11.8. The van der Waals surface area contributed by atoms with E-state index in [2.05, 4.69) is 53.4 Å². The third kappa shape index (κ3) is 6.53. The van der Waals surface area contributed by atoms with Crippen molar-refractivity contribution >= 4 is 5.78 Å². The van der Waals surface area contributed by atoms with Gasteiger partial charge in [0.05, 0.1) is 13.2 Å². The Morgan fingerprint density at radius 3 is 2.00 bits per heavy atom. The van der Waals surface area contributed by atoms with E-state index in [0.29, 0.717) is 6.42 Å². The zero-order valence-electron chi connectivity index (χ0n) is 19.4. The molecule has 3 aromatic carbocycles. The van der Waals surface area contributed by atoms with E-state index < -0.39 is 0 Å².